The minimum absolute atomic E-state index is 0.262. The fourth-order valence-electron chi connectivity index (χ4n) is 2.73. The Morgan fingerprint density at radius 1 is 1.00 bits per heavy atom. The van der Waals surface area contributed by atoms with Gasteiger partial charge in [-0.2, -0.15) is 5.10 Å². The van der Waals surface area contributed by atoms with E-state index in [0.29, 0.717) is 39.8 Å². The van der Waals surface area contributed by atoms with Gasteiger partial charge in [0.05, 0.1) is 32.7 Å². The van der Waals surface area contributed by atoms with Crippen LogP contribution in [0.1, 0.15) is 16.1 Å². The summed E-state index contributed by atoms with van der Waals surface area (Å²) in [6.45, 7) is 1.84. The molecule has 1 aromatic heterocycles. The molecule has 0 fully saturated rings. The molecule has 0 aliphatic carbocycles. The van der Waals surface area contributed by atoms with Gasteiger partial charge in [-0.05, 0) is 43.3 Å². The van der Waals surface area contributed by atoms with Gasteiger partial charge < -0.3 is 19.5 Å². The van der Waals surface area contributed by atoms with Gasteiger partial charge in [0.2, 0.25) is 0 Å². The van der Waals surface area contributed by atoms with E-state index in [1.54, 1.807) is 57.7 Å². The van der Waals surface area contributed by atoms with Gasteiger partial charge in [-0.15, -0.1) is 0 Å². The number of hydrogen-bond donors (Lipinski definition) is 2. The Bertz CT molecular complexity index is 966. The van der Waals surface area contributed by atoms with Crippen LogP contribution in [0.25, 0.3) is 11.3 Å². The van der Waals surface area contributed by atoms with Crippen molar-refractivity contribution in [2.24, 2.45) is 0 Å². The number of amides is 1. The number of benzene rings is 2. The van der Waals surface area contributed by atoms with Crippen LogP contribution in [0, 0.1) is 6.92 Å². The molecule has 1 amide bonds. The van der Waals surface area contributed by atoms with Crippen LogP contribution >= 0.6 is 0 Å². The summed E-state index contributed by atoms with van der Waals surface area (Å²) in [6.07, 6.45) is 0. The van der Waals surface area contributed by atoms with Gasteiger partial charge in [-0.1, -0.05) is 6.07 Å². The minimum Gasteiger partial charge on any atom is -0.497 e. The molecule has 0 bridgehead atoms. The van der Waals surface area contributed by atoms with Crippen LogP contribution in [0.2, 0.25) is 0 Å². The highest BCUT2D eigenvalue weighted by atomic mass is 16.5. The largest absolute Gasteiger partial charge is 0.497 e. The van der Waals surface area contributed by atoms with E-state index in [9.17, 15) is 4.79 Å². The first-order valence-electron chi connectivity index (χ1n) is 8.30. The Morgan fingerprint density at radius 2 is 1.74 bits per heavy atom. The first-order chi connectivity index (χ1) is 13.1. The van der Waals surface area contributed by atoms with Crippen LogP contribution in [-0.2, 0) is 0 Å². The molecule has 0 radical (unpaired) electrons. The van der Waals surface area contributed by atoms with Gasteiger partial charge >= 0.3 is 0 Å². The number of anilines is 1. The lowest BCUT2D eigenvalue weighted by atomic mass is 10.1. The zero-order valence-corrected chi connectivity index (χ0v) is 15.6. The Balaban J connectivity index is 1.99. The maximum absolute atomic E-state index is 12.7. The second kappa shape index (κ2) is 7.82. The number of H-pyrrole nitrogens is 1. The molecule has 0 saturated carbocycles. The molecule has 3 rings (SSSR count). The lowest BCUT2D eigenvalue weighted by Crippen LogP contribution is -2.13. The highest BCUT2D eigenvalue weighted by molar-refractivity contribution is 6.06. The van der Waals surface area contributed by atoms with Crippen LogP contribution in [0.3, 0.4) is 0 Å². The van der Waals surface area contributed by atoms with Crippen molar-refractivity contribution in [3.8, 4) is 28.5 Å². The molecule has 7 heteroatoms. The van der Waals surface area contributed by atoms with Crippen molar-refractivity contribution in [1.82, 2.24) is 10.2 Å². The number of rotatable bonds is 6. The Morgan fingerprint density at radius 3 is 2.44 bits per heavy atom. The molecular weight excluding hydrogens is 346 g/mol. The topological polar surface area (TPSA) is 85.5 Å². The summed E-state index contributed by atoms with van der Waals surface area (Å²) in [5, 5.41) is 10.2. The van der Waals surface area contributed by atoms with Crippen molar-refractivity contribution < 1.29 is 19.0 Å². The van der Waals surface area contributed by atoms with E-state index in [1.165, 1.54) is 0 Å². The molecule has 7 nitrogen and oxygen atoms in total. The molecule has 0 unspecified atom stereocenters. The normalized spacial score (nSPS) is 10.4. The average molecular weight is 367 g/mol. The molecule has 0 saturated heterocycles. The fourth-order valence-corrected chi connectivity index (χ4v) is 2.73. The van der Waals surface area contributed by atoms with E-state index >= 15 is 0 Å². The average Bonchev–Trinajstić information content (AvgIpc) is 3.07. The van der Waals surface area contributed by atoms with Crippen molar-refractivity contribution >= 4 is 11.6 Å². The third-order valence-corrected chi connectivity index (χ3v) is 4.18. The summed E-state index contributed by atoms with van der Waals surface area (Å²) in [7, 11) is 4.73. The maximum atomic E-state index is 12.7. The molecule has 0 aliphatic rings. The van der Waals surface area contributed by atoms with E-state index in [2.05, 4.69) is 15.5 Å². The number of carbonyl (C=O) groups is 1. The lowest BCUT2D eigenvalue weighted by Gasteiger charge is -2.12. The van der Waals surface area contributed by atoms with E-state index in [1.807, 2.05) is 13.0 Å². The summed E-state index contributed by atoms with van der Waals surface area (Å²) < 4.78 is 15.9. The standard InChI is InChI=1S/C20H21N3O4/c1-12-18(21-20(24)13-6-5-7-14(10-13)25-2)19(23-22-12)16-11-15(26-3)8-9-17(16)27-4/h5-11H,1-4H3,(H,21,24)(H,22,23). The molecule has 0 spiro atoms. The van der Waals surface area contributed by atoms with Crippen LogP contribution < -0.4 is 19.5 Å². The first kappa shape index (κ1) is 18.3. The molecule has 3 aromatic rings. The van der Waals surface area contributed by atoms with E-state index in [4.69, 9.17) is 14.2 Å². The van der Waals surface area contributed by atoms with Crippen LogP contribution in [0.15, 0.2) is 42.5 Å². The summed E-state index contributed by atoms with van der Waals surface area (Å²) >= 11 is 0. The van der Waals surface area contributed by atoms with E-state index < -0.39 is 0 Å². The number of carbonyl (C=O) groups excluding carboxylic acids is 1. The Hall–Kier alpha value is -3.48. The third kappa shape index (κ3) is 3.72. The molecule has 2 N–H and O–H groups in total. The number of methoxy groups -OCH3 is 3. The molecule has 2 aromatic carbocycles. The summed E-state index contributed by atoms with van der Waals surface area (Å²) in [5.41, 5.74) is 3.07. The molecule has 27 heavy (non-hydrogen) atoms. The molecule has 0 atom stereocenters. The van der Waals surface area contributed by atoms with E-state index in [0.717, 1.165) is 5.69 Å². The third-order valence-electron chi connectivity index (χ3n) is 4.18. The molecule has 0 aliphatic heterocycles. The zero-order chi connectivity index (χ0) is 19.4. The summed E-state index contributed by atoms with van der Waals surface area (Å²) in [4.78, 5) is 12.7. The Labute approximate surface area is 157 Å². The number of ether oxygens (including phenoxy) is 3. The van der Waals surface area contributed by atoms with Crippen LogP contribution in [0.5, 0.6) is 17.2 Å². The monoisotopic (exact) mass is 367 g/mol. The minimum atomic E-state index is -0.262. The smallest absolute Gasteiger partial charge is 0.255 e. The molecule has 1 heterocycles. The number of aromatic amines is 1. The van der Waals surface area contributed by atoms with Crippen molar-refractivity contribution in [3.63, 3.8) is 0 Å². The highest BCUT2D eigenvalue weighted by Crippen LogP contribution is 2.37. The highest BCUT2D eigenvalue weighted by Gasteiger charge is 2.19. The molecular formula is C20H21N3O4. The molecule has 140 valence electrons. The SMILES string of the molecule is COc1cccc(C(=O)Nc2c(-c3cc(OC)ccc3OC)n[nH]c2C)c1. The van der Waals surface area contributed by atoms with Gasteiger partial charge in [-0.25, -0.2) is 0 Å². The van der Waals surface area contributed by atoms with Crippen molar-refractivity contribution in [2.45, 2.75) is 6.92 Å². The maximum Gasteiger partial charge on any atom is 0.255 e. The van der Waals surface area contributed by atoms with Crippen LogP contribution in [0.4, 0.5) is 5.69 Å². The second-order valence-electron chi connectivity index (χ2n) is 5.82. The fraction of sp³-hybridized carbons (Fsp3) is 0.200. The quantitative estimate of drug-likeness (QED) is 0.694. The Kier molecular flexibility index (Phi) is 5.30. The zero-order valence-electron chi connectivity index (χ0n) is 15.6. The van der Waals surface area contributed by atoms with Gasteiger partial charge in [0.1, 0.15) is 22.9 Å². The first-order valence-corrected chi connectivity index (χ1v) is 8.30. The van der Waals surface area contributed by atoms with Crippen molar-refractivity contribution in [2.75, 3.05) is 26.6 Å². The number of nitrogens with one attached hydrogen (secondary N) is 2. The summed E-state index contributed by atoms with van der Waals surface area (Å²) in [5.74, 6) is 1.64. The van der Waals surface area contributed by atoms with Crippen LogP contribution in [-0.4, -0.2) is 37.4 Å². The predicted molar refractivity (Wildman–Crippen MR) is 103 cm³/mol. The van der Waals surface area contributed by atoms with E-state index in [-0.39, 0.29) is 5.91 Å². The number of hydrogen-bond acceptors (Lipinski definition) is 5. The predicted octanol–water partition coefficient (Wildman–Crippen LogP) is 3.66. The van der Waals surface area contributed by atoms with Gasteiger partial charge in [0.25, 0.3) is 5.91 Å². The van der Waals surface area contributed by atoms with Gasteiger partial charge in [0.15, 0.2) is 0 Å². The lowest BCUT2D eigenvalue weighted by molar-refractivity contribution is 0.102. The summed E-state index contributed by atoms with van der Waals surface area (Å²) in [6, 6.07) is 12.4. The number of aryl methyl sites for hydroxylation is 1. The number of nitrogens with zero attached hydrogens (tertiary/aromatic N) is 1. The van der Waals surface area contributed by atoms with Gasteiger partial charge in [0, 0.05) is 11.1 Å². The van der Waals surface area contributed by atoms with Gasteiger partial charge in [-0.3, -0.25) is 9.89 Å². The van der Waals surface area contributed by atoms with Crippen molar-refractivity contribution in [3.05, 3.63) is 53.7 Å². The van der Waals surface area contributed by atoms with Crippen molar-refractivity contribution in [1.29, 1.82) is 0 Å². The number of aromatic nitrogens is 2. The second-order valence-corrected chi connectivity index (χ2v) is 5.82.